The number of hydrogen-bond acceptors (Lipinski definition) is 4. The zero-order valence-corrected chi connectivity index (χ0v) is 11.8. The van der Waals surface area contributed by atoms with E-state index in [1.165, 1.54) is 10.9 Å². The molecular formula is C12H16N6O2. The highest BCUT2D eigenvalue weighted by atomic mass is 16.2. The Hall–Kier alpha value is -2.64. The summed E-state index contributed by atoms with van der Waals surface area (Å²) in [5.41, 5.74) is 7.54. The maximum atomic E-state index is 12.3. The van der Waals surface area contributed by atoms with Crippen LogP contribution in [-0.2, 0) is 14.1 Å². The standard InChI is InChI=1S/C12H16N6O2/c1-6-9(7(2)17(3)16-6)12(20)15-8-5-14-18(4)10(8)11(13)19/h5H,1-4H3,(H2,13,19)(H,15,20). The van der Waals surface area contributed by atoms with Gasteiger partial charge in [-0.3, -0.25) is 19.0 Å². The van der Waals surface area contributed by atoms with Gasteiger partial charge in [0.05, 0.1) is 23.1 Å². The lowest BCUT2D eigenvalue weighted by molar-refractivity contribution is 0.0992. The molecule has 0 aliphatic rings. The number of carbonyl (C=O) groups is 2. The molecule has 106 valence electrons. The molecule has 0 saturated carbocycles. The molecule has 2 aromatic rings. The zero-order chi connectivity index (χ0) is 15.0. The second kappa shape index (κ2) is 4.80. The van der Waals surface area contributed by atoms with Gasteiger partial charge in [-0.1, -0.05) is 0 Å². The fraction of sp³-hybridized carbons (Fsp3) is 0.333. The van der Waals surface area contributed by atoms with Gasteiger partial charge in [0.1, 0.15) is 5.69 Å². The van der Waals surface area contributed by atoms with Crippen molar-refractivity contribution in [1.82, 2.24) is 19.6 Å². The van der Waals surface area contributed by atoms with Crippen LogP contribution in [0.25, 0.3) is 0 Å². The summed E-state index contributed by atoms with van der Waals surface area (Å²) in [7, 11) is 3.34. The highest BCUT2D eigenvalue weighted by Gasteiger charge is 2.21. The molecule has 0 bridgehead atoms. The first-order valence-electron chi connectivity index (χ1n) is 5.96. The number of carbonyl (C=O) groups excluding carboxylic acids is 2. The van der Waals surface area contributed by atoms with Crippen LogP contribution in [-0.4, -0.2) is 31.4 Å². The van der Waals surface area contributed by atoms with Crippen LogP contribution >= 0.6 is 0 Å². The number of nitrogens with one attached hydrogen (secondary N) is 1. The van der Waals surface area contributed by atoms with E-state index >= 15 is 0 Å². The van der Waals surface area contributed by atoms with Crippen LogP contribution in [0.5, 0.6) is 0 Å². The second-order valence-electron chi connectivity index (χ2n) is 4.52. The molecule has 8 nitrogen and oxygen atoms in total. The lowest BCUT2D eigenvalue weighted by Gasteiger charge is -2.05. The number of primary amides is 1. The number of aromatic nitrogens is 4. The van der Waals surface area contributed by atoms with Gasteiger partial charge in [0, 0.05) is 19.8 Å². The van der Waals surface area contributed by atoms with Crippen molar-refractivity contribution in [2.45, 2.75) is 13.8 Å². The first-order chi connectivity index (χ1) is 9.32. The van der Waals surface area contributed by atoms with E-state index < -0.39 is 5.91 Å². The highest BCUT2D eigenvalue weighted by Crippen LogP contribution is 2.17. The van der Waals surface area contributed by atoms with Gasteiger partial charge in [-0.05, 0) is 13.8 Å². The zero-order valence-electron chi connectivity index (χ0n) is 11.8. The van der Waals surface area contributed by atoms with E-state index in [0.29, 0.717) is 11.3 Å². The first-order valence-corrected chi connectivity index (χ1v) is 5.96. The monoisotopic (exact) mass is 276 g/mol. The summed E-state index contributed by atoms with van der Waals surface area (Å²) in [6, 6.07) is 0. The summed E-state index contributed by atoms with van der Waals surface area (Å²) >= 11 is 0. The van der Waals surface area contributed by atoms with E-state index in [4.69, 9.17) is 5.73 Å². The van der Waals surface area contributed by atoms with E-state index in [0.717, 1.165) is 5.69 Å². The van der Waals surface area contributed by atoms with E-state index in [2.05, 4.69) is 15.5 Å². The van der Waals surface area contributed by atoms with E-state index in [1.807, 2.05) is 0 Å². The largest absolute Gasteiger partial charge is 0.364 e. The average Bonchev–Trinajstić information content (AvgIpc) is 2.81. The SMILES string of the molecule is Cc1nn(C)c(C)c1C(=O)Nc1cnn(C)c1C(N)=O. The van der Waals surface area contributed by atoms with Crippen LogP contribution in [0.4, 0.5) is 5.69 Å². The number of hydrogen-bond donors (Lipinski definition) is 2. The normalized spacial score (nSPS) is 10.6. The number of nitrogens with two attached hydrogens (primary N) is 1. The molecule has 3 N–H and O–H groups in total. The molecule has 0 fully saturated rings. The van der Waals surface area contributed by atoms with Crippen molar-refractivity contribution in [2.24, 2.45) is 19.8 Å². The molecule has 8 heteroatoms. The van der Waals surface area contributed by atoms with Gasteiger partial charge in [-0.15, -0.1) is 0 Å². The minimum Gasteiger partial charge on any atom is -0.364 e. The number of rotatable bonds is 3. The summed E-state index contributed by atoms with van der Waals surface area (Å²) in [6.45, 7) is 3.55. The van der Waals surface area contributed by atoms with Crippen LogP contribution in [0, 0.1) is 13.8 Å². The van der Waals surface area contributed by atoms with Crippen molar-refractivity contribution in [3.63, 3.8) is 0 Å². The molecule has 0 aromatic carbocycles. The highest BCUT2D eigenvalue weighted by molar-refractivity contribution is 6.09. The third kappa shape index (κ3) is 2.15. The Morgan fingerprint density at radius 3 is 2.40 bits per heavy atom. The molecule has 2 rings (SSSR count). The number of nitrogens with zero attached hydrogens (tertiary/aromatic N) is 4. The summed E-state index contributed by atoms with van der Waals surface area (Å²) < 4.78 is 2.95. The van der Waals surface area contributed by atoms with Crippen LogP contribution in [0.1, 0.15) is 32.2 Å². The van der Waals surface area contributed by atoms with Gasteiger partial charge in [0.15, 0.2) is 0 Å². The van der Waals surface area contributed by atoms with Crippen LogP contribution < -0.4 is 11.1 Å². The molecule has 2 aromatic heterocycles. The molecule has 0 saturated heterocycles. The molecule has 0 unspecified atom stereocenters. The Bertz CT molecular complexity index is 697. The summed E-state index contributed by atoms with van der Waals surface area (Å²) in [5.74, 6) is -0.997. The van der Waals surface area contributed by atoms with Gasteiger partial charge in [-0.25, -0.2) is 0 Å². The fourth-order valence-corrected chi connectivity index (χ4v) is 2.11. The van der Waals surface area contributed by atoms with Crippen molar-refractivity contribution in [1.29, 1.82) is 0 Å². The van der Waals surface area contributed by atoms with Crippen molar-refractivity contribution in [3.8, 4) is 0 Å². The van der Waals surface area contributed by atoms with Gasteiger partial charge >= 0.3 is 0 Å². The number of amides is 2. The lowest BCUT2D eigenvalue weighted by atomic mass is 10.2. The minimum atomic E-state index is -0.653. The first kappa shape index (κ1) is 13.8. The summed E-state index contributed by atoms with van der Waals surface area (Å²) in [5, 5.41) is 10.7. The van der Waals surface area contributed by atoms with Gasteiger partial charge < -0.3 is 11.1 Å². The predicted octanol–water partition coefficient (Wildman–Crippen LogP) is 0.122. The van der Waals surface area contributed by atoms with Crippen LogP contribution in [0.3, 0.4) is 0 Å². The van der Waals surface area contributed by atoms with Gasteiger partial charge in [0.25, 0.3) is 11.8 Å². The lowest BCUT2D eigenvalue weighted by Crippen LogP contribution is -2.20. The Morgan fingerprint density at radius 1 is 1.25 bits per heavy atom. The van der Waals surface area contributed by atoms with E-state index in [-0.39, 0.29) is 17.3 Å². The third-order valence-electron chi connectivity index (χ3n) is 3.16. The van der Waals surface area contributed by atoms with Crippen LogP contribution in [0.2, 0.25) is 0 Å². The second-order valence-corrected chi connectivity index (χ2v) is 4.52. The topological polar surface area (TPSA) is 108 Å². The van der Waals surface area contributed by atoms with Crippen molar-refractivity contribution in [3.05, 3.63) is 28.8 Å². The molecule has 0 radical (unpaired) electrons. The molecule has 2 amide bonds. The smallest absolute Gasteiger partial charge is 0.269 e. The van der Waals surface area contributed by atoms with Crippen LogP contribution in [0.15, 0.2) is 6.20 Å². The molecular weight excluding hydrogens is 260 g/mol. The Morgan fingerprint density at radius 2 is 1.90 bits per heavy atom. The fourth-order valence-electron chi connectivity index (χ4n) is 2.11. The Balaban J connectivity index is 2.36. The molecule has 0 atom stereocenters. The van der Waals surface area contributed by atoms with E-state index in [9.17, 15) is 9.59 Å². The maximum absolute atomic E-state index is 12.3. The summed E-state index contributed by atoms with van der Waals surface area (Å²) in [4.78, 5) is 23.7. The number of aryl methyl sites for hydroxylation is 3. The maximum Gasteiger partial charge on any atom is 0.269 e. The minimum absolute atomic E-state index is 0.151. The van der Waals surface area contributed by atoms with Gasteiger partial charge in [0.2, 0.25) is 0 Å². The molecule has 20 heavy (non-hydrogen) atoms. The quantitative estimate of drug-likeness (QED) is 0.830. The Labute approximate surface area is 115 Å². The van der Waals surface area contributed by atoms with E-state index in [1.54, 1.807) is 32.6 Å². The predicted molar refractivity (Wildman–Crippen MR) is 72.4 cm³/mol. The number of anilines is 1. The molecule has 0 aliphatic carbocycles. The van der Waals surface area contributed by atoms with Crippen molar-refractivity contribution >= 4 is 17.5 Å². The molecule has 0 spiro atoms. The Kier molecular flexibility index (Phi) is 3.31. The average molecular weight is 276 g/mol. The van der Waals surface area contributed by atoms with Crippen molar-refractivity contribution in [2.75, 3.05) is 5.32 Å². The molecule has 0 aliphatic heterocycles. The van der Waals surface area contributed by atoms with Crippen molar-refractivity contribution < 1.29 is 9.59 Å². The summed E-state index contributed by atoms with van der Waals surface area (Å²) in [6.07, 6.45) is 1.39. The third-order valence-corrected chi connectivity index (χ3v) is 3.16. The molecule has 2 heterocycles. The van der Waals surface area contributed by atoms with Gasteiger partial charge in [-0.2, -0.15) is 10.2 Å².